The molecule has 1 amide bonds. The van der Waals surface area contributed by atoms with E-state index in [4.69, 9.17) is 23.2 Å². The molecule has 0 spiro atoms. The van der Waals surface area contributed by atoms with Crippen molar-refractivity contribution in [3.05, 3.63) is 65.2 Å². The third kappa shape index (κ3) is 3.84. The summed E-state index contributed by atoms with van der Waals surface area (Å²) < 4.78 is 1.55. The molecule has 0 aliphatic rings. The van der Waals surface area contributed by atoms with Gasteiger partial charge in [0, 0.05) is 5.02 Å². The molecule has 0 radical (unpaired) electrons. The number of nitrogens with zero attached hydrogens (tertiary/aromatic N) is 3. The zero-order valence-corrected chi connectivity index (χ0v) is 13.9. The van der Waals surface area contributed by atoms with Gasteiger partial charge < -0.3 is 10.6 Å². The van der Waals surface area contributed by atoms with Crippen molar-refractivity contribution >= 4 is 40.5 Å². The van der Waals surface area contributed by atoms with Gasteiger partial charge in [-0.1, -0.05) is 35.3 Å². The van der Waals surface area contributed by atoms with Crippen molar-refractivity contribution in [2.75, 3.05) is 17.2 Å². The highest BCUT2D eigenvalue weighted by molar-refractivity contribution is 6.33. The monoisotopic (exact) mass is 361 g/mol. The predicted molar refractivity (Wildman–Crippen MR) is 94.9 cm³/mol. The lowest BCUT2D eigenvalue weighted by molar-refractivity contribution is -0.114. The number of carbonyl (C=O) groups excluding carboxylic acids is 1. The molecule has 0 saturated heterocycles. The molecule has 1 heterocycles. The molecule has 0 fully saturated rings. The van der Waals surface area contributed by atoms with Gasteiger partial charge in [-0.05, 0) is 30.3 Å². The number of aromatic nitrogens is 3. The fourth-order valence-electron chi connectivity index (χ4n) is 2.12. The van der Waals surface area contributed by atoms with E-state index in [9.17, 15) is 4.79 Å². The van der Waals surface area contributed by atoms with Crippen molar-refractivity contribution in [3.63, 3.8) is 0 Å². The molecule has 0 unspecified atom stereocenters. The third-order valence-corrected chi connectivity index (χ3v) is 3.78. The number of hydrogen-bond acceptors (Lipinski definition) is 4. The first-order chi connectivity index (χ1) is 11.6. The number of halogens is 2. The maximum absolute atomic E-state index is 12.2. The molecule has 8 heteroatoms. The molecule has 0 aliphatic heterocycles. The van der Waals surface area contributed by atoms with Crippen molar-refractivity contribution in [1.82, 2.24) is 14.8 Å². The Hall–Kier alpha value is -2.57. The second-order valence-corrected chi connectivity index (χ2v) is 5.73. The van der Waals surface area contributed by atoms with Gasteiger partial charge in [0.25, 0.3) is 0 Å². The average molecular weight is 362 g/mol. The standard InChI is InChI=1S/C16H13Cl2N5O/c17-11-5-6-15(23-10-19-9-21-23)14(7-11)22-16(24)8-20-13-4-2-1-3-12(13)18/h1-7,9-10,20H,8H2,(H,22,24). The van der Waals surface area contributed by atoms with Crippen LogP contribution in [0.1, 0.15) is 0 Å². The maximum Gasteiger partial charge on any atom is 0.243 e. The summed E-state index contributed by atoms with van der Waals surface area (Å²) >= 11 is 12.1. The van der Waals surface area contributed by atoms with Crippen LogP contribution in [0.15, 0.2) is 55.1 Å². The molecule has 122 valence electrons. The van der Waals surface area contributed by atoms with Crippen LogP contribution < -0.4 is 10.6 Å². The second kappa shape index (κ2) is 7.33. The van der Waals surface area contributed by atoms with E-state index >= 15 is 0 Å². The van der Waals surface area contributed by atoms with Gasteiger partial charge in [-0.25, -0.2) is 9.67 Å². The first-order valence-corrected chi connectivity index (χ1v) is 7.82. The van der Waals surface area contributed by atoms with E-state index in [1.54, 1.807) is 41.3 Å². The molecule has 2 N–H and O–H groups in total. The van der Waals surface area contributed by atoms with Crippen molar-refractivity contribution in [2.45, 2.75) is 0 Å². The van der Waals surface area contributed by atoms with Crippen molar-refractivity contribution in [1.29, 1.82) is 0 Å². The zero-order chi connectivity index (χ0) is 16.9. The zero-order valence-electron chi connectivity index (χ0n) is 12.4. The summed E-state index contributed by atoms with van der Waals surface area (Å²) in [5, 5.41) is 10.9. The highest BCUT2D eigenvalue weighted by atomic mass is 35.5. The number of amides is 1. The van der Waals surface area contributed by atoms with Crippen LogP contribution in [0.4, 0.5) is 11.4 Å². The summed E-state index contributed by atoms with van der Waals surface area (Å²) in [6, 6.07) is 12.4. The summed E-state index contributed by atoms with van der Waals surface area (Å²) in [6.07, 6.45) is 2.96. The molecule has 3 aromatic rings. The number of benzene rings is 2. The Balaban J connectivity index is 1.72. The predicted octanol–water partition coefficient (Wildman–Crippen LogP) is 3.62. The molecular formula is C16H13Cl2N5O. The summed E-state index contributed by atoms with van der Waals surface area (Å²) in [6.45, 7) is 0.0625. The number of hydrogen-bond donors (Lipinski definition) is 2. The van der Waals surface area contributed by atoms with Crippen LogP contribution in [0.3, 0.4) is 0 Å². The van der Waals surface area contributed by atoms with E-state index in [0.29, 0.717) is 27.1 Å². The summed E-state index contributed by atoms with van der Waals surface area (Å²) in [4.78, 5) is 16.1. The lowest BCUT2D eigenvalue weighted by Crippen LogP contribution is -2.22. The third-order valence-electron chi connectivity index (χ3n) is 3.21. The van der Waals surface area contributed by atoms with Gasteiger partial charge in [-0.3, -0.25) is 4.79 Å². The summed E-state index contributed by atoms with van der Waals surface area (Å²) in [5.74, 6) is -0.237. The minimum Gasteiger partial charge on any atom is -0.375 e. The van der Waals surface area contributed by atoms with Crippen molar-refractivity contribution in [2.24, 2.45) is 0 Å². The highest BCUT2D eigenvalue weighted by Gasteiger charge is 2.10. The Kier molecular flexibility index (Phi) is 4.98. The largest absolute Gasteiger partial charge is 0.375 e. The Morgan fingerprint density at radius 1 is 1.12 bits per heavy atom. The number of nitrogens with one attached hydrogen (secondary N) is 2. The molecular weight excluding hydrogens is 349 g/mol. The van der Waals surface area contributed by atoms with E-state index in [1.807, 2.05) is 12.1 Å². The van der Waals surface area contributed by atoms with Crippen molar-refractivity contribution < 1.29 is 4.79 Å². The number of anilines is 2. The summed E-state index contributed by atoms with van der Waals surface area (Å²) in [5.41, 5.74) is 1.90. The van der Waals surface area contributed by atoms with E-state index in [2.05, 4.69) is 20.7 Å². The SMILES string of the molecule is O=C(CNc1ccccc1Cl)Nc1cc(Cl)ccc1-n1cncn1. The lowest BCUT2D eigenvalue weighted by Gasteiger charge is -2.12. The van der Waals surface area contributed by atoms with Gasteiger partial charge >= 0.3 is 0 Å². The topological polar surface area (TPSA) is 71.8 Å². The fourth-order valence-corrected chi connectivity index (χ4v) is 2.49. The Labute approximate surface area is 148 Å². The Morgan fingerprint density at radius 3 is 2.71 bits per heavy atom. The van der Waals surface area contributed by atoms with Crippen LogP contribution in [0.5, 0.6) is 0 Å². The van der Waals surface area contributed by atoms with E-state index in [-0.39, 0.29) is 12.5 Å². The molecule has 3 rings (SSSR count). The number of rotatable bonds is 5. The Morgan fingerprint density at radius 2 is 1.96 bits per heavy atom. The van der Waals surface area contributed by atoms with Gasteiger partial charge in [0.05, 0.1) is 28.6 Å². The quantitative estimate of drug-likeness (QED) is 0.727. The van der Waals surface area contributed by atoms with Gasteiger partial charge in [0.15, 0.2) is 0 Å². The molecule has 0 bridgehead atoms. The Bertz CT molecular complexity index is 851. The maximum atomic E-state index is 12.2. The molecule has 0 saturated carbocycles. The average Bonchev–Trinajstić information content (AvgIpc) is 3.08. The van der Waals surface area contributed by atoms with Gasteiger partial charge in [0.1, 0.15) is 12.7 Å². The molecule has 6 nitrogen and oxygen atoms in total. The van der Waals surface area contributed by atoms with Gasteiger partial charge in [-0.15, -0.1) is 0 Å². The molecule has 24 heavy (non-hydrogen) atoms. The number of para-hydroxylation sites is 1. The molecule has 1 aromatic heterocycles. The highest BCUT2D eigenvalue weighted by Crippen LogP contribution is 2.24. The van der Waals surface area contributed by atoms with E-state index in [0.717, 1.165) is 0 Å². The molecule has 2 aromatic carbocycles. The first-order valence-electron chi connectivity index (χ1n) is 7.06. The minimum atomic E-state index is -0.237. The van der Waals surface area contributed by atoms with E-state index < -0.39 is 0 Å². The first kappa shape index (κ1) is 16.3. The summed E-state index contributed by atoms with van der Waals surface area (Å²) in [7, 11) is 0. The van der Waals surface area contributed by atoms with Crippen LogP contribution in [0, 0.1) is 0 Å². The van der Waals surface area contributed by atoms with Gasteiger partial charge in [0.2, 0.25) is 5.91 Å². The van der Waals surface area contributed by atoms with Gasteiger partial charge in [-0.2, -0.15) is 5.10 Å². The van der Waals surface area contributed by atoms with Crippen LogP contribution in [-0.2, 0) is 4.79 Å². The van der Waals surface area contributed by atoms with Crippen LogP contribution in [-0.4, -0.2) is 27.2 Å². The van der Waals surface area contributed by atoms with Crippen LogP contribution >= 0.6 is 23.2 Å². The lowest BCUT2D eigenvalue weighted by atomic mass is 10.2. The molecule has 0 aliphatic carbocycles. The minimum absolute atomic E-state index is 0.0625. The van der Waals surface area contributed by atoms with E-state index in [1.165, 1.54) is 6.33 Å². The van der Waals surface area contributed by atoms with Crippen molar-refractivity contribution in [3.8, 4) is 5.69 Å². The normalized spacial score (nSPS) is 10.4. The second-order valence-electron chi connectivity index (χ2n) is 4.88. The van der Waals surface area contributed by atoms with Crippen LogP contribution in [0.25, 0.3) is 5.69 Å². The fraction of sp³-hybridized carbons (Fsp3) is 0.0625. The number of carbonyl (C=O) groups is 1. The molecule has 0 atom stereocenters. The smallest absolute Gasteiger partial charge is 0.243 e. The van der Waals surface area contributed by atoms with Crippen LogP contribution in [0.2, 0.25) is 10.0 Å².